The minimum absolute atomic E-state index is 0.883. The highest BCUT2D eigenvalue weighted by molar-refractivity contribution is 14.1. The maximum atomic E-state index is 5.44. The Balaban J connectivity index is 2.52. The molecule has 14 heavy (non-hydrogen) atoms. The van der Waals surface area contributed by atoms with Crippen LogP contribution in [0, 0.1) is 0 Å². The van der Waals surface area contributed by atoms with Gasteiger partial charge in [0.1, 0.15) is 11.3 Å². The summed E-state index contributed by atoms with van der Waals surface area (Å²) in [5, 5.41) is 1.17. The van der Waals surface area contributed by atoms with Crippen LogP contribution in [0.2, 0.25) is 0 Å². The zero-order valence-corrected chi connectivity index (χ0v) is 10.1. The number of benzene rings is 1. The van der Waals surface area contributed by atoms with Crippen LogP contribution in [0.4, 0.5) is 0 Å². The van der Waals surface area contributed by atoms with E-state index in [1.807, 2.05) is 24.5 Å². The summed E-state index contributed by atoms with van der Waals surface area (Å²) in [7, 11) is 1.68. The van der Waals surface area contributed by atoms with E-state index >= 15 is 0 Å². The fourth-order valence-corrected chi connectivity index (χ4v) is 2.06. The topological polar surface area (TPSA) is 22.4 Å². The van der Waals surface area contributed by atoms with Crippen LogP contribution in [0.25, 0.3) is 11.0 Å². The van der Waals surface area contributed by atoms with Crippen LogP contribution in [0.3, 0.4) is 0 Å². The van der Waals surface area contributed by atoms with Crippen molar-refractivity contribution in [1.82, 2.24) is 0 Å². The lowest BCUT2D eigenvalue weighted by Gasteiger charge is -1.99. The van der Waals surface area contributed by atoms with Gasteiger partial charge in [-0.25, -0.2) is 0 Å². The van der Waals surface area contributed by atoms with Gasteiger partial charge in [-0.3, -0.25) is 0 Å². The standard InChI is InChI=1S/C11H11IO2/c1-13-9-2-3-11-10(6-9)8(4-5-12)7-14-11/h2-3,6-7H,4-5H2,1H3. The molecule has 74 valence electrons. The maximum absolute atomic E-state index is 5.44. The molecule has 2 aromatic rings. The molecule has 3 heteroatoms. The Bertz CT molecular complexity index is 434. The molecular weight excluding hydrogens is 291 g/mol. The summed E-state index contributed by atoms with van der Waals surface area (Å²) >= 11 is 2.37. The van der Waals surface area contributed by atoms with Gasteiger partial charge in [-0.1, -0.05) is 22.6 Å². The van der Waals surface area contributed by atoms with Crippen molar-refractivity contribution < 1.29 is 9.15 Å². The van der Waals surface area contributed by atoms with Crippen molar-refractivity contribution in [3.8, 4) is 5.75 Å². The summed E-state index contributed by atoms with van der Waals surface area (Å²) in [5.74, 6) is 0.883. The first-order valence-electron chi connectivity index (χ1n) is 4.45. The summed E-state index contributed by atoms with van der Waals surface area (Å²) in [6.07, 6.45) is 2.88. The van der Waals surface area contributed by atoms with Gasteiger partial charge in [0.15, 0.2) is 0 Å². The summed E-state index contributed by atoms with van der Waals surface area (Å²) in [5.41, 5.74) is 2.19. The molecule has 0 radical (unpaired) electrons. The van der Waals surface area contributed by atoms with Crippen molar-refractivity contribution in [3.63, 3.8) is 0 Å². The van der Waals surface area contributed by atoms with E-state index in [1.165, 1.54) is 10.9 Å². The molecular formula is C11H11IO2. The Kier molecular flexibility index (Phi) is 2.96. The van der Waals surface area contributed by atoms with Gasteiger partial charge in [0.2, 0.25) is 0 Å². The van der Waals surface area contributed by atoms with Crippen LogP contribution in [0.5, 0.6) is 5.75 Å². The molecule has 1 aromatic carbocycles. The number of methoxy groups -OCH3 is 1. The molecule has 0 N–H and O–H groups in total. The van der Waals surface area contributed by atoms with E-state index in [4.69, 9.17) is 9.15 Å². The second-order valence-electron chi connectivity index (χ2n) is 3.06. The molecule has 0 spiro atoms. The molecule has 0 aliphatic rings. The molecule has 0 fully saturated rings. The Morgan fingerprint density at radius 2 is 2.29 bits per heavy atom. The third-order valence-corrected chi connectivity index (χ3v) is 2.76. The lowest BCUT2D eigenvalue weighted by molar-refractivity contribution is 0.415. The number of furan rings is 1. The number of ether oxygens (including phenoxy) is 1. The van der Waals surface area contributed by atoms with Crippen molar-refractivity contribution in [1.29, 1.82) is 0 Å². The van der Waals surface area contributed by atoms with E-state index in [9.17, 15) is 0 Å². The van der Waals surface area contributed by atoms with Crippen molar-refractivity contribution in [3.05, 3.63) is 30.0 Å². The van der Waals surface area contributed by atoms with E-state index in [0.29, 0.717) is 0 Å². The minimum atomic E-state index is 0.883. The van der Waals surface area contributed by atoms with E-state index in [0.717, 1.165) is 22.2 Å². The predicted molar refractivity (Wildman–Crippen MR) is 65.4 cm³/mol. The number of halogens is 1. The first kappa shape index (κ1) is 9.83. The first-order valence-corrected chi connectivity index (χ1v) is 5.98. The normalized spacial score (nSPS) is 10.7. The van der Waals surface area contributed by atoms with Gasteiger partial charge in [-0.15, -0.1) is 0 Å². The molecule has 2 rings (SSSR count). The zero-order valence-electron chi connectivity index (χ0n) is 7.92. The summed E-state index contributed by atoms with van der Waals surface area (Å²) in [6.45, 7) is 0. The highest BCUT2D eigenvalue weighted by Gasteiger charge is 2.05. The number of hydrogen-bond acceptors (Lipinski definition) is 2. The van der Waals surface area contributed by atoms with E-state index in [1.54, 1.807) is 7.11 Å². The van der Waals surface area contributed by atoms with Gasteiger partial charge in [0.25, 0.3) is 0 Å². The molecule has 0 saturated carbocycles. The summed E-state index contributed by atoms with van der Waals surface area (Å²) in [4.78, 5) is 0. The van der Waals surface area contributed by atoms with Crippen molar-refractivity contribution in [2.75, 3.05) is 11.5 Å². The van der Waals surface area contributed by atoms with Crippen LogP contribution in [-0.4, -0.2) is 11.5 Å². The Morgan fingerprint density at radius 3 is 3.00 bits per heavy atom. The van der Waals surface area contributed by atoms with Crippen molar-refractivity contribution in [2.24, 2.45) is 0 Å². The third-order valence-electron chi connectivity index (χ3n) is 2.22. The number of hydrogen-bond donors (Lipinski definition) is 0. The molecule has 0 atom stereocenters. The summed E-state index contributed by atoms with van der Waals surface area (Å²) < 4.78 is 11.7. The van der Waals surface area contributed by atoms with E-state index in [2.05, 4.69) is 22.6 Å². The molecule has 0 saturated heterocycles. The molecule has 1 heterocycles. The average molecular weight is 302 g/mol. The van der Waals surface area contributed by atoms with Gasteiger partial charge >= 0.3 is 0 Å². The van der Waals surface area contributed by atoms with Gasteiger partial charge in [0, 0.05) is 9.81 Å². The fourth-order valence-electron chi connectivity index (χ4n) is 1.48. The molecule has 0 unspecified atom stereocenters. The Hall–Kier alpha value is -0.710. The maximum Gasteiger partial charge on any atom is 0.134 e. The van der Waals surface area contributed by atoms with E-state index in [-0.39, 0.29) is 0 Å². The van der Waals surface area contributed by atoms with Gasteiger partial charge in [-0.05, 0) is 30.2 Å². The molecule has 0 amide bonds. The molecule has 2 nitrogen and oxygen atoms in total. The van der Waals surface area contributed by atoms with Gasteiger partial charge in [0.05, 0.1) is 13.4 Å². The van der Waals surface area contributed by atoms with E-state index < -0.39 is 0 Å². The van der Waals surface area contributed by atoms with Crippen molar-refractivity contribution in [2.45, 2.75) is 6.42 Å². The predicted octanol–water partition coefficient (Wildman–Crippen LogP) is 3.42. The minimum Gasteiger partial charge on any atom is -0.497 e. The second-order valence-corrected chi connectivity index (χ2v) is 4.14. The third kappa shape index (κ3) is 1.73. The second kappa shape index (κ2) is 4.21. The van der Waals surface area contributed by atoms with Crippen molar-refractivity contribution >= 4 is 33.6 Å². The lowest BCUT2D eigenvalue weighted by Crippen LogP contribution is -1.84. The summed E-state index contributed by atoms with van der Waals surface area (Å²) in [6, 6.07) is 5.89. The smallest absolute Gasteiger partial charge is 0.134 e. The number of aryl methyl sites for hydroxylation is 1. The molecule has 0 aliphatic carbocycles. The number of alkyl halides is 1. The van der Waals surface area contributed by atoms with Gasteiger partial charge in [-0.2, -0.15) is 0 Å². The largest absolute Gasteiger partial charge is 0.497 e. The Labute approximate surface area is 96.4 Å². The van der Waals surface area contributed by atoms with Crippen LogP contribution in [0.15, 0.2) is 28.9 Å². The highest BCUT2D eigenvalue weighted by Crippen LogP contribution is 2.26. The van der Waals surface area contributed by atoms with Crippen LogP contribution in [0.1, 0.15) is 5.56 Å². The zero-order chi connectivity index (χ0) is 9.97. The fraction of sp³-hybridized carbons (Fsp3) is 0.273. The monoisotopic (exact) mass is 302 g/mol. The van der Waals surface area contributed by atoms with Crippen LogP contribution < -0.4 is 4.74 Å². The molecule has 1 aromatic heterocycles. The number of rotatable bonds is 3. The SMILES string of the molecule is COc1ccc2occ(CCI)c2c1. The lowest BCUT2D eigenvalue weighted by atomic mass is 10.1. The molecule has 0 aliphatic heterocycles. The average Bonchev–Trinajstić information content (AvgIpc) is 2.61. The first-order chi connectivity index (χ1) is 6.85. The molecule has 0 bridgehead atoms. The quantitative estimate of drug-likeness (QED) is 0.640. The highest BCUT2D eigenvalue weighted by atomic mass is 127. The van der Waals surface area contributed by atoms with Crippen LogP contribution >= 0.6 is 22.6 Å². The van der Waals surface area contributed by atoms with Gasteiger partial charge < -0.3 is 9.15 Å². The number of fused-ring (bicyclic) bond motifs is 1. The Morgan fingerprint density at radius 1 is 1.43 bits per heavy atom. The van der Waals surface area contributed by atoms with Crippen LogP contribution in [-0.2, 0) is 6.42 Å².